The third-order valence-electron chi connectivity index (χ3n) is 4.46. The van der Waals surface area contributed by atoms with Gasteiger partial charge in [-0.2, -0.15) is 0 Å². The SMILES string of the molecule is Cc1ccc(C(=O)NC2CC2)cc1NC(=O)c1cccc(NC(=O)NC(C)C)c1. The van der Waals surface area contributed by atoms with E-state index in [1.54, 1.807) is 36.4 Å². The highest BCUT2D eigenvalue weighted by Gasteiger charge is 2.24. The van der Waals surface area contributed by atoms with Gasteiger partial charge < -0.3 is 21.3 Å². The molecule has 0 spiro atoms. The fraction of sp³-hybridized carbons (Fsp3) is 0.318. The lowest BCUT2D eigenvalue weighted by Crippen LogP contribution is -2.34. The predicted octanol–water partition coefficient (Wildman–Crippen LogP) is 3.67. The number of rotatable bonds is 6. The van der Waals surface area contributed by atoms with Crippen LogP contribution in [0.15, 0.2) is 42.5 Å². The molecule has 2 aromatic carbocycles. The molecule has 1 aliphatic carbocycles. The van der Waals surface area contributed by atoms with E-state index in [0.29, 0.717) is 22.5 Å². The third-order valence-corrected chi connectivity index (χ3v) is 4.46. The highest BCUT2D eigenvalue weighted by Crippen LogP contribution is 2.22. The van der Waals surface area contributed by atoms with E-state index >= 15 is 0 Å². The summed E-state index contributed by atoms with van der Waals surface area (Å²) in [5.41, 5.74) is 2.87. The van der Waals surface area contributed by atoms with Crippen LogP contribution in [0.5, 0.6) is 0 Å². The molecule has 1 fully saturated rings. The Bertz CT molecular complexity index is 935. The Morgan fingerprint density at radius 2 is 1.66 bits per heavy atom. The highest BCUT2D eigenvalue weighted by molar-refractivity contribution is 6.06. The summed E-state index contributed by atoms with van der Waals surface area (Å²) in [6, 6.07) is 11.9. The molecule has 29 heavy (non-hydrogen) atoms. The number of amides is 4. The molecule has 2 aromatic rings. The second-order valence-electron chi connectivity index (χ2n) is 7.57. The smallest absolute Gasteiger partial charge is 0.319 e. The van der Waals surface area contributed by atoms with Crippen molar-refractivity contribution in [3.63, 3.8) is 0 Å². The van der Waals surface area contributed by atoms with Crippen molar-refractivity contribution >= 4 is 29.2 Å². The number of hydrogen-bond acceptors (Lipinski definition) is 3. The maximum absolute atomic E-state index is 12.7. The minimum Gasteiger partial charge on any atom is -0.349 e. The summed E-state index contributed by atoms with van der Waals surface area (Å²) in [5.74, 6) is -0.453. The van der Waals surface area contributed by atoms with Crippen LogP contribution < -0.4 is 21.3 Å². The van der Waals surface area contributed by atoms with Crippen molar-refractivity contribution in [1.82, 2.24) is 10.6 Å². The standard InChI is InChI=1S/C22H26N4O3/c1-13(2)23-22(29)25-18-6-4-5-15(11-18)21(28)26-19-12-16(8-7-14(19)3)20(27)24-17-9-10-17/h4-8,11-13,17H,9-10H2,1-3H3,(H,24,27)(H,26,28)(H2,23,25,29). The van der Waals surface area contributed by atoms with E-state index in [1.807, 2.05) is 26.8 Å². The number of nitrogens with one attached hydrogen (secondary N) is 4. The molecular formula is C22H26N4O3. The molecule has 1 saturated carbocycles. The van der Waals surface area contributed by atoms with Crippen LogP contribution in [0.25, 0.3) is 0 Å². The zero-order valence-corrected chi connectivity index (χ0v) is 16.8. The van der Waals surface area contributed by atoms with Gasteiger partial charge in [-0.1, -0.05) is 12.1 Å². The maximum Gasteiger partial charge on any atom is 0.319 e. The van der Waals surface area contributed by atoms with E-state index in [2.05, 4.69) is 21.3 Å². The van der Waals surface area contributed by atoms with Gasteiger partial charge in [-0.15, -0.1) is 0 Å². The van der Waals surface area contributed by atoms with Crippen LogP contribution >= 0.6 is 0 Å². The van der Waals surface area contributed by atoms with Gasteiger partial charge in [-0.05, 0) is 69.5 Å². The summed E-state index contributed by atoms with van der Waals surface area (Å²) < 4.78 is 0. The van der Waals surface area contributed by atoms with E-state index in [1.165, 1.54) is 0 Å². The lowest BCUT2D eigenvalue weighted by atomic mass is 10.1. The van der Waals surface area contributed by atoms with Gasteiger partial charge in [-0.3, -0.25) is 9.59 Å². The normalized spacial score (nSPS) is 13.0. The quantitative estimate of drug-likeness (QED) is 0.601. The number of hydrogen-bond donors (Lipinski definition) is 4. The number of anilines is 2. The van der Waals surface area contributed by atoms with Crippen LogP contribution in [-0.4, -0.2) is 29.9 Å². The molecule has 0 aliphatic heterocycles. The molecule has 4 amide bonds. The summed E-state index contributed by atoms with van der Waals surface area (Å²) in [4.78, 5) is 36.8. The van der Waals surface area contributed by atoms with Crippen molar-refractivity contribution < 1.29 is 14.4 Å². The predicted molar refractivity (Wildman–Crippen MR) is 113 cm³/mol. The molecule has 1 aliphatic rings. The molecule has 0 unspecified atom stereocenters. The van der Waals surface area contributed by atoms with E-state index in [9.17, 15) is 14.4 Å². The van der Waals surface area contributed by atoms with E-state index < -0.39 is 0 Å². The Labute approximate surface area is 170 Å². The largest absolute Gasteiger partial charge is 0.349 e. The zero-order valence-electron chi connectivity index (χ0n) is 16.8. The number of benzene rings is 2. The first-order chi connectivity index (χ1) is 13.8. The fourth-order valence-electron chi connectivity index (χ4n) is 2.76. The zero-order chi connectivity index (χ0) is 21.0. The molecule has 3 rings (SSSR count). The lowest BCUT2D eigenvalue weighted by molar-refractivity contribution is 0.0949. The van der Waals surface area contributed by atoms with Crippen LogP contribution in [0.2, 0.25) is 0 Å². The molecule has 0 aromatic heterocycles. The Hall–Kier alpha value is -3.35. The van der Waals surface area contributed by atoms with Crippen LogP contribution in [0.4, 0.5) is 16.2 Å². The second kappa shape index (κ2) is 8.77. The Balaban J connectivity index is 1.70. The van der Waals surface area contributed by atoms with Gasteiger partial charge in [-0.25, -0.2) is 4.79 Å². The minimum absolute atomic E-state index is 0.00819. The summed E-state index contributed by atoms with van der Waals surface area (Å²) in [6.45, 7) is 5.60. The molecule has 0 bridgehead atoms. The van der Waals surface area contributed by atoms with Crippen molar-refractivity contribution in [1.29, 1.82) is 0 Å². The maximum atomic E-state index is 12.7. The van der Waals surface area contributed by atoms with Crippen LogP contribution in [-0.2, 0) is 0 Å². The van der Waals surface area contributed by atoms with Crippen LogP contribution in [0, 0.1) is 6.92 Å². The van der Waals surface area contributed by atoms with Gasteiger partial charge in [0.25, 0.3) is 11.8 Å². The van der Waals surface area contributed by atoms with Crippen molar-refractivity contribution in [2.45, 2.75) is 45.7 Å². The van der Waals surface area contributed by atoms with Crippen molar-refractivity contribution in [3.8, 4) is 0 Å². The van der Waals surface area contributed by atoms with Gasteiger partial charge in [0.05, 0.1) is 0 Å². The molecule has 0 atom stereocenters. The molecule has 0 heterocycles. The molecule has 0 saturated heterocycles. The first-order valence-corrected chi connectivity index (χ1v) is 9.72. The molecule has 4 N–H and O–H groups in total. The molecule has 7 heteroatoms. The molecule has 152 valence electrons. The fourth-order valence-corrected chi connectivity index (χ4v) is 2.76. The van der Waals surface area contributed by atoms with Crippen molar-refractivity contribution in [3.05, 3.63) is 59.2 Å². The number of carbonyl (C=O) groups excluding carboxylic acids is 3. The minimum atomic E-state index is -0.331. The highest BCUT2D eigenvalue weighted by atomic mass is 16.2. The van der Waals surface area contributed by atoms with Crippen LogP contribution in [0.3, 0.4) is 0 Å². The van der Waals surface area contributed by atoms with Gasteiger partial charge >= 0.3 is 6.03 Å². The molecular weight excluding hydrogens is 368 g/mol. The summed E-state index contributed by atoms with van der Waals surface area (Å²) in [7, 11) is 0. The van der Waals surface area contributed by atoms with Gasteiger partial charge in [0, 0.05) is 34.6 Å². The number of urea groups is 1. The van der Waals surface area contributed by atoms with E-state index in [0.717, 1.165) is 18.4 Å². The van der Waals surface area contributed by atoms with Gasteiger partial charge in [0.2, 0.25) is 0 Å². The van der Waals surface area contributed by atoms with Crippen molar-refractivity contribution in [2.75, 3.05) is 10.6 Å². The molecule has 0 radical (unpaired) electrons. The Morgan fingerprint density at radius 1 is 0.931 bits per heavy atom. The number of carbonyl (C=O) groups is 3. The Morgan fingerprint density at radius 3 is 2.34 bits per heavy atom. The van der Waals surface area contributed by atoms with E-state index in [-0.39, 0.29) is 29.9 Å². The van der Waals surface area contributed by atoms with E-state index in [4.69, 9.17) is 0 Å². The second-order valence-corrected chi connectivity index (χ2v) is 7.57. The Kier molecular flexibility index (Phi) is 6.16. The third kappa shape index (κ3) is 5.81. The van der Waals surface area contributed by atoms with Gasteiger partial charge in [0.15, 0.2) is 0 Å². The van der Waals surface area contributed by atoms with Gasteiger partial charge in [0.1, 0.15) is 0 Å². The first kappa shape index (κ1) is 20.4. The first-order valence-electron chi connectivity index (χ1n) is 9.72. The molecule has 7 nitrogen and oxygen atoms in total. The monoisotopic (exact) mass is 394 g/mol. The summed E-state index contributed by atoms with van der Waals surface area (Å²) >= 11 is 0. The topological polar surface area (TPSA) is 99.3 Å². The summed E-state index contributed by atoms with van der Waals surface area (Å²) in [6.07, 6.45) is 2.03. The van der Waals surface area contributed by atoms with Crippen molar-refractivity contribution in [2.24, 2.45) is 0 Å². The van der Waals surface area contributed by atoms with Crippen LogP contribution in [0.1, 0.15) is 53.0 Å². The lowest BCUT2D eigenvalue weighted by Gasteiger charge is -2.13. The average Bonchev–Trinajstić information content (AvgIpc) is 3.46. The summed E-state index contributed by atoms with van der Waals surface area (Å²) in [5, 5.41) is 11.2. The number of aryl methyl sites for hydroxylation is 1. The average molecular weight is 394 g/mol.